The number of carbonyl (C=O) groups excluding carboxylic acids is 1. The van der Waals surface area contributed by atoms with Gasteiger partial charge < -0.3 is 18.9 Å². The Balaban J connectivity index is 1.12. The molecule has 222 valence electrons. The predicted molar refractivity (Wildman–Crippen MR) is 167 cm³/mol. The maximum Gasteiger partial charge on any atom is 0.326 e. The normalized spacial score (nSPS) is 24.7. The smallest absolute Gasteiger partial charge is 0.326 e. The third kappa shape index (κ3) is 6.05. The van der Waals surface area contributed by atoms with Crippen molar-refractivity contribution in [1.29, 1.82) is 0 Å². The van der Waals surface area contributed by atoms with Crippen molar-refractivity contribution in [1.82, 2.24) is 4.90 Å². The second-order valence-electron chi connectivity index (χ2n) is 11.4. The van der Waals surface area contributed by atoms with Gasteiger partial charge >= 0.3 is 5.97 Å². The summed E-state index contributed by atoms with van der Waals surface area (Å²) in [5.41, 5.74) is 4.26. The Morgan fingerprint density at radius 2 is 1.36 bits per heavy atom. The number of fused-ring (bicyclic) bond motifs is 1. The van der Waals surface area contributed by atoms with Gasteiger partial charge in [-0.3, -0.25) is 9.69 Å². The third-order valence-electron chi connectivity index (χ3n) is 8.53. The number of ether oxygens (including phenoxy) is 4. The minimum Gasteiger partial charge on any atom is -0.489 e. The first-order valence-electron chi connectivity index (χ1n) is 15.2. The number of cyclic esters (lactones) is 1. The largest absolute Gasteiger partial charge is 0.489 e. The monoisotopic (exact) mass is 585 g/mol. The third-order valence-corrected chi connectivity index (χ3v) is 8.53. The molecular formula is C38H35NO5. The maximum absolute atomic E-state index is 13.4. The van der Waals surface area contributed by atoms with Gasteiger partial charge in [0.05, 0.1) is 6.04 Å². The molecule has 2 fully saturated rings. The molecule has 4 aromatic rings. The molecular weight excluding hydrogens is 550 g/mol. The lowest BCUT2D eigenvalue weighted by molar-refractivity contribution is -0.163. The minimum absolute atomic E-state index is 0.0390. The van der Waals surface area contributed by atoms with E-state index in [1.54, 1.807) is 0 Å². The van der Waals surface area contributed by atoms with Crippen LogP contribution in [0.1, 0.15) is 40.8 Å². The summed E-state index contributed by atoms with van der Waals surface area (Å²) in [5, 5.41) is 0. The zero-order chi connectivity index (χ0) is 29.7. The van der Waals surface area contributed by atoms with Gasteiger partial charge in [0.1, 0.15) is 49.7 Å². The van der Waals surface area contributed by atoms with Crippen molar-refractivity contribution in [3.05, 3.63) is 162 Å². The molecule has 1 aliphatic carbocycles. The standard InChI is InChI=1S/C38H35NO5/c40-38-35-36(30-16-20-32(21-17-30)41-24-27-10-4-1-5-11-27)44-37(39(35)34(26-43-38)29-14-8-3-9-15-29)31-18-22-33(23-19-31)42-25-28-12-6-2-7-13-28/h1-18,20-23,31,34-37H,19,24-26H2/t31?,34-,35?,36-,37+/m1/s1. The van der Waals surface area contributed by atoms with Crippen molar-refractivity contribution in [2.75, 3.05) is 6.61 Å². The van der Waals surface area contributed by atoms with Crippen molar-refractivity contribution in [3.63, 3.8) is 0 Å². The van der Waals surface area contributed by atoms with Crippen LogP contribution in [-0.4, -0.2) is 29.7 Å². The van der Waals surface area contributed by atoms with Crippen LogP contribution in [0.25, 0.3) is 0 Å². The molecule has 44 heavy (non-hydrogen) atoms. The van der Waals surface area contributed by atoms with Crippen molar-refractivity contribution >= 4 is 5.97 Å². The summed E-state index contributed by atoms with van der Waals surface area (Å²) in [5.74, 6) is 1.40. The van der Waals surface area contributed by atoms with E-state index >= 15 is 0 Å². The fourth-order valence-electron chi connectivity index (χ4n) is 6.26. The van der Waals surface area contributed by atoms with Gasteiger partial charge in [-0.2, -0.15) is 0 Å². The van der Waals surface area contributed by atoms with Crippen LogP contribution in [-0.2, 0) is 32.2 Å². The first kappa shape index (κ1) is 28.1. The number of carbonyl (C=O) groups is 1. The summed E-state index contributed by atoms with van der Waals surface area (Å²) in [6.45, 7) is 1.29. The van der Waals surface area contributed by atoms with Crippen molar-refractivity contribution in [2.45, 2.75) is 44.1 Å². The molecule has 6 heteroatoms. The maximum atomic E-state index is 13.4. The predicted octanol–water partition coefficient (Wildman–Crippen LogP) is 7.31. The van der Waals surface area contributed by atoms with E-state index < -0.39 is 12.1 Å². The lowest BCUT2D eigenvalue weighted by atomic mass is 9.93. The average molecular weight is 586 g/mol. The zero-order valence-electron chi connectivity index (χ0n) is 24.4. The number of hydrogen-bond donors (Lipinski definition) is 0. The Bertz CT molecular complexity index is 1600. The van der Waals surface area contributed by atoms with Crippen LogP contribution in [0.15, 0.2) is 139 Å². The van der Waals surface area contributed by atoms with Gasteiger partial charge in [0, 0.05) is 5.92 Å². The molecule has 3 aliphatic rings. The summed E-state index contributed by atoms with van der Waals surface area (Å²) in [6.07, 6.45) is 6.26. The van der Waals surface area contributed by atoms with E-state index in [9.17, 15) is 4.79 Å². The number of rotatable bonds is 9. The lowest BCUT2D eigenvalue weighted by Gasteiger charge is -2.40. The minimum atomic E-state index is -0.567. The number of hydrogen-bond acceptors (Lipinski definition) is 6. The Hall–Kier alpha value is -4.65. The molecule has 2 unspecified atom stereocenters. The van der Waals surface area contributed by atoms with Crippen LogP contribution in [0.5, 0.6) is 5.75 Å². The summed E-state index contributed by atoms with van der Waals surface area (Å²) in [6, 6.07) is 37.7. The molecule has 2 heterocycles. The van der Waals surface area contributed by atoms with E-state index in [0.717, 1.165) is 40.2 Å². The van der Waals surface area contributed by atoms with E-state index in [1.165, 1.54) is 0 Å². The van der Waals surface area contributed by atoms with Crippen LogP contribution in [0.3, 0.4) is 0 Å². The number of nitrogens with zero attached hydrogens (tertiary/aromatic N) is 1. The van der Waals surface area contributed by atoms with E-state index in [2.05, 4.69) is 41.3 Å². The molecule has 0 bridgehead atoms. The molecule has 0 N–H and O–H groups in total. The van der Waals surface area contributed by atoms with Crippen molar-refractivity contribution < 1.29 is 23.7 Å². The van der Waals surface area contributed by atoms with Gasteiger partial charge in [-0.1, -0.05) is 109 Å². The molecule has 0 amide bonds. The lowest BCUT2D eigenvalue weighted by Crippen LogP contribution is -2.52. The highest BCUT2D eigenvalue weighted by Gasteiger charge is 2.55. The number of morpholine rings is 1. The Kier molecular flexibility index (Phi) is 8.26. The second-order valence-corrected chi connectivity index (χ2v) is 11.4. The van der Waals surface area contributed by atoms with Crippen molar-refractivity contribution in [3.8, 4) is 5.75 Å². The molecule has 2 aliphatic heterocycles. The highest BCUT2D eigenvalue weighted by Crippen LogP contribution is 2.47. The highest BCUT2D eigenvalue weighted by molar-refractivity contribution is 5.78. The van der Waals surface area contributed by atoms with Gasteiger partial charge in [0.2, 0.25) is 0 Å². The van der Waals surface area contributed by atoms with Gasteiger partial charge in [0.25, 0.3) is 0 Å². The van der Waals surface area contributed by atoms with E-state index in [0.29, 0.717) is 13.2 Å². The van der Waals surface area contributed by atoms with Crippen LogP contribution in [0.2, 0.25) is 0 Å². The van der Waals surface area contributed by atoms with E-state index in [-0.39, 0.29) is 30.8 Å². The molecule has 4 aromatic carbocycles. The van der Waals surface area contributed by atoms with Gasteiger partial charge in [-0.25, -0.2) is 0 Å². The Morgan fingerprint density at radius 3 is 2.00 bits per heavy atom. The number of benzene rings is 4. The Morgan fingerprint density at radius 1 is 0.727 bits per heavy atom. The van der Waals surface area contributed by atoms with Gasteiger partial charge in [-0.15, -0.1) is 0 Å². The summed E-state index contributed by atoms with van der Waals surface area (Å²) >= 11 is 0. The SMILES string of the molecule is O=C1OC[C@H](c2ccccc2)N2C1[C@@H](c1ccc(OCc3ccccc3)cc1)O[C@H]2C1C=CC(OCc2ccccc2)=CC1. The first-order chi connectivity index (χ1) is 21.7. The van der Waals surface area contributed by atoms with Gasteiger partial charge in [-0.05, 0) is 53.0 Å². The summed E-state index contributed by atoms with van der Waals surface area (Å²) < 4.78 is 24.8. The Labute approximate surface area is 258 Å². The van der Waals surface area contributed by atoms with Crippen molar-refractivity contribution in [2.24, 2.45) is 5.92 Å². The zero-order valence-corrected chi connectivity index (χ0v) is 24.4. The molecule has 0 aromatic heterocycles. The topological polar surface area (TPSA) is 57.2 Å². The molecule has 0 spiro atoms. The summed E-state index contributed by atoms with van der Waals surface area (Å²) in [4.78, 5) is 15.7. The molecule has 2 saturated heterocycles. The quantitative estimate of drug-likeness (QED) is 0.192. The fraction of sp³-hybridized carbons (Fsp3) is 0.237. The van der Waals surface area contributed by atoms with Crippen LogP contribution in [0.4, 0.5) is 0 Å². The van der Waals surface area contributed by atoms with Crippen LogP contribution >= 0.6 is 0 Å². The molecule has 7 rings (SSSR count). The fourth-order valence-corrected chi connectivity index (χ4v) is 6.26. The molecule has 0 saturated carbocycles. The second kappa shape index (κ2) is 12.9. The molecule has 5 atom stereocenters. The summed E-state index contributed by atoms with van der Waals surface area (Å²) in [7, 11) is 0. The average Bonchev–Trinajstić information content (AvgIpc) is 3.50. The van der Waals surface area contributed by atoms with Crippen LogP contribution in [0, 0.1) is 5.92 Å². The van der Waals surface area contributed by atoms with Crippen LogP contribution < -0.4 is 4.74 Å². The highest BCUT2D eigenvalue weighted by atomic mass is 16.6. The molecule has 6 nitrogen and oxygen atoms in total. The number of allylic oxidation sites excluding steroid dienone is 2. The van der Waals surface area contributed by atoms with E-state index in [4.69, 9.17) is 18.9 Å². The van der Waals surface area contributed by atoms with Gasteiger partial charge in [0.15, 0.2) is 0 Å². The number of esters is 1. The first-order valence-corrected chi connectivity index (χ1v) is 15.2. The molecule has 0 radical (unpaired) electrons. The van der Waals surface area contributed by atoms with E-state index in [1.807, 2.05) is 97.1 Å².